The molecule has 0 aliphatic carbocycles. The Morgan fingerprint density at radius 1 is 1.33 bits per heavy atom. The summed E-state index contributed by atoms with van der Waals surface area (Å²) in [6.07, 6.45) is 5.30. The zero-order valence-electron chi connectivity index (χ0n) is 13.0. The van der Waals surface area contributed by atoms with E-state index in [0.29, 0.717) is 5.25 Å². The van der Waals surface area contributed by atoms with Crippen LogP contribution in [0, 0.1) is 0 Å². The molecule has 1 aromatic carbocycles. The van der Waals surface area contributed by atoms with E-state index in [9.17, 15) is 0 Å². The van der Waals surface area contributed by atoms with E-state index < -0.39 is 0 Å². The lowest BCUT2D eigenvalue weighted by atomic mass is 10.1. The van der Waals surface area contributed by atoms with Gasteiger partial charge in [-0.15, -0.1) is 11.8 Å². The second-order valence-corrected chi connectivity index (χ2v) is 8.07. The van der Waals surface area contributed by atoms with Crippen LogP contribution in [-0.4, -0.2) is 20.6 Å². The molecular formula is C17H23N3S. The van der Waals surface area contributed by atoms with Gasteiger partial charge in [-0.25, -0.2) is 0 Å². The molecular weight excluding hydrogens is 278 g/mol. The number of hydrogen-bond donors (Lipinski definition) is 1. The molecule has 0 radical (unpaired) electrons. The molecule has 0 saturated carbocycles. The van der Waals surface area contributed by atoms with Crippen molar-refractivity contribution in [3.05, 3.63) is 47.8 Å². The van der Waals surface area contributed by atoms with Crippen LogP contribution in [0.25, 0.3) is 0 Å². The summed E-state index contributed by atoms with van der Waals surface area (Å²) in [5.74, 6) is 0. The minimum Gasteiger partial charge on any atom is -0.308 e. The molecule has 0 bridgehead atoms. The SMILES string of the molecule is CC(C)(C)NCc1cnn(CC2Cc3ccccc3S2)c1. The number of aromatic nitrogens is 2. The van der Waals surface area contributed by atoms with Gasteiger partial charge in [0.25, 0.3) is 0 Å². The molecule has 4 heteroatoms. The minimum absolute atomic E-state index is 0.144. The van der Waals surface area contributed by atoms with Gasteiger partial charge in [0.2, 0.25) is 0 Å². The van der Waals surface area contributed by atoms with E-state index in [0.717, 1.165) is 19.5 Å². The Hall–Kier alpha value is -1.26. The second-order valence-electron chi connectivity index (χ2n) is 6.73. The first-order valence-electron chi connectivity index (χ1n) is 7.50. The maximum absolute atomic E-state index is 4.51. The van der Waals surface area contributed by atoms with E-state index in [2.05, 4.69) is 66.3 Å². The lowest BCUT2D eigenvalue weighted by molar-refractivity contribution is 0.424. The Morgan fingerprint density at radius 3 is 2.90 bits per heavy atom. The molecule has 3 rings (SSSR count). The normalized spacial score (nSPS) is 18.0. The topological polar surface area (TPSA) is 29.9 Å². The second kappa shape index (κ2) is 5.85. The van der Waals surface area contributed by atoms with Crippen LogP contribution in [-0.2, 0) is 19.5 Å². The van der Waals surface area contributed by atoms with Crippen molar-refractivity contribution >= 4 is 11.8 Å². The monoisotopic (exact) mass is 301 g/mol. The highest BCUT2D eigenvalue weighted by atomic mass is 32.2. The van der Waals surface area contributed by atoms with E-state index in [1.165, 1.54) is 16.0 Å². The highest BCUT2D eigenvalue weighted by molar-refractivity contribution is 8.00. The minimum atomic E-state index is 0.144. The summed E-state index contributed by atoms with van der Waals surface area (Å²) in [6.45, 7) is 8.41. The van der Waals surface area contributed by atoms with Gasteiger partial charge in [-0.05, 0) is 38.8 Å². The fourth-order valence-electron chi connectivity index (χ4n) is 2.53. The number of thioether (sulfide) groups is 1. The maximum Gasteiger partial charge on any atom is 0.0534 e. The van der Waals surface area contributed by atoms with Crippen LogP contribution in [0.15, 0.2) is 41.6 Å². The highest BCUT2D eigenvalue weighted by Gasteiger charge is 2.22. The van der Waals surface area contributed by atoms with Crippen LogP contribution in [0.1, 0.15) is 31.9 Å². The average molecular weight is 301 g/mol. The number of nitrogens with one attached hydrogen (secondary N) is 1. The maximum atomic E-state index is 4.51. The third kappa shape index (κ3) is 3.89. The van der Waals surface area contributed by atoms with E-state index >= 15 is 0 Å². The van der Waals surface area contributed by atoms with Gasteiger partial charge < -0.3 is 5.32 Å². The Bertz CT molecular complexity index is 587. The Balaban J connectivity index is 1.56. The van der Waals surface area contributed by atoms with Gasteiger partial charge in [0.05, 0.1) is 12.7 Å². The lowest BCUT2D eigenvalue weighted by Crippen LogP contribution is -2.34. The van der Waals surface area contributed by atoms with Crippen molar-refractivity contribution in [3.63, 3.8) is 0 Å². The van der Waals surface area contributed by atoms with Gasteiger partial charge in [0, 0.05) is 34.0 Å². The van der Waals surface area contributed by atoms with Gasteiger partial charge in [-0.2, -0.15) is 5.10 Å². The molecule has 2 aromatic rings. The molecule has 0 amide bonds. The van der Waals surface area contributed by atoms with Crippen LogP contribution < -0.4 is 5.32 Å². The molecule has 1 N–H and O–H groups in total. The first kappa shape index (κ1) is 14.7. The molecule has 1 aromatic heterocycles. The van der Waals surface area contributed by atoms with Gasteiger partial charge in [-0.3, -0.25) is 4.68 Å². The smallest absolute Gasteiger partial charge is 0.0534 e. The standard InChI is InChI=1S/C17H23N3S/c1-17(2,3)18-9-13-10-19-20(11-13)12-15-8-14-6-4-5-7-16(14)21-15/h4-7,10-11,15,18H,8-9,12H2,1-3H3. The van der Waals surface area contributed by atoms with Gasteiger partial charge in [0.1, 0.15) is 0 Å². The summed E-state index contributed by atoms with van der Waals surface area (Å²) in [7, 11) is 0. The molecule has 0 spiro atoms. The van der Waals surface area contributed by atoms with Crippen molar-refractivity contribution in [2.45, 2.75) is 56.0 Å². The van der Waals surface area contributed by atoms with Crippen molar-refractivity contribution in [1.29, 1.82) is 0 Å². The first-order valence-corrected chi connectivity index (χ1v) is 8.38. The van der Waals surface area contributed by atoms with Gasteiger partial charge in [-0.1, -0.05) is 18.2 Å². The Morgan fingerprint density at radius 2 is 2.14 bits per heavy atom. The molecule has 0 fully saturated rings. The molecule has 1 aliphatic rings. The van der Waals surface area contributed by atoms with Crippen molar-refractivity contribution < 1.29 is 0 Å². The van der Waals surface area contributed by atoms with E-state index in [1.807, 2.05) is 18.0 Å². The fourth-order valence-corrected chi connectivity index (χ4v) is 3.84. The largest absolute Gasteiger partial charge is 0.308 e. The zero-order valence-corrected chi connectivity index (χ0v) is 13.8. The molecule has 1 atom stereocenters. The van der Waals surface area contributed by atoms with Crippen LogP contribution >= 0.6 is 11.8 Å². The Labute approximate surface area is 131 Å². The number of benzene rings is 1. The highest BCUT2D eigenvalue weighted by Crippen LogP contribution is 2.37. The molecule has 2 heterocycles. The zero-order chi connectivity index (χ0) is 14.9. The summed E-state index contributed by atoms with van der Waals surface area (Å²) in [6, 6.07) is 8.72. The number of nitrogens with zero attached hydrogens (tertiary/aromatic N) is 2. The molecule has 1 unspecified atom stereocenters. The first-order chi connectivity index (χ1) is 9.99. The van der Waals surface area contributed by atoms with Crippen LogP contribution in [0.5, 0.6) is 0 Å². The number of fused-ring (bicyclic) bond motifs is 1. The molecule has 21 heavy (non-hydrogen) atoms. The summed E-state index contributed by atoms with van der Waals surface area (Å²) < 4.78 is 2.09. The third-order valence-corrected chi connectivity index (χ3v) is 4.92. The molecule has 3 nitrogen and oxygen atoms in total. The molecule has 0 saturated heterocycles. The van der Waals surface area contributed by atoms with Crippen molar-refractivity contribution in [2.75, 3.05) is 0 Å². The Kier molecular flexibility index (Phi) is 4.09. The third-order valence-electron chi connectivity index (χ3n) is 3.61. The van der Waals surface area contributed by atoms with Crippen molar-refractivity contribution in [2.24, 2.45) is 0 Å². The van der Waals surface area contributed by atoms with Crippen molar-refractivity contribution in [3.8, 4) is 0 Å². The van der Waals surface area contributed by atoms with Crippen LogP contribution in [0.2, 0.25) is 0 Å². The summed E-state index contributed by atoms with van der Waals surface area (Å²) in [5.41, 5.74) is 2.88. The number of hydrogen-bond acceptors (Lipinski definition) is 3. The van der Waals surface area contributed by atoms with Crippen molar-refractivity contribution in [1.82, 2.24) is 15.1 Å². The van der Waals surface area contributed by atoms with E-state index in [-0.39, 0.29) is 5.54 Å². The molecule has 112 valence electrons. The van der Waals surface area contributed by atoms with Gasteiger partial charge >= 0.3 is 0 Å². The predicted octanol–water partition coefficient (Wildman–Crippen LogP) is 3.49. The summed E-state index contributed by atoms with van der Waals surface area (Å²) in [4.78, 5) is 1.43. The quantitative estimate of drug-likeness (QED) is 0.937. The lowest BCUT2D eigenvalue weighted by Gasteiger charge is -2.19. The van der Waals surface area contributed by atoms with Gasteiger partial charge in [0.15, 0.2) is 0 Å². The molecule has 1 aliphatic heterocycles. The average Bonchev–Trinajstić information content (AvgIpc) is 3.01. The van der Waals surface area contributed by atoms with Crippen LogP contribution in [0.4, 0.5) is 0 Å². The number of rotatable bonds is 4. The summed E-state index contributed by atoms with van der Waals surface area (Å²) >= 11 is 1.98. The van der Waals surface area contributed by atoms with Crippen LogP contribution in [0.3, 0.4) is 0 Å². The summed E-state index contributed by atoms with van der Waals surface area (Å²) in [5, 5.41) is 8.61. The fraction of sp³-hybridized carbons (Fsp3) is 0.471. The predicted molar refractivity (Wildman–Crippen MR) is 88.6 cm³/mol. The van der Waals surface area contributed by atoms with E-state index in [1.54, 1.807) is 0 Å². The van der Waals surface area contributed by atoms with E-state index in [4.69, 9.17) is 0 Å².